The van der Waals surface area contributed by atoms with E-state index in [1.54, 1.807) is 12.4 Å². The van der Waals surface area contributed by atoms with Crippen LogP contribution in [0.25, 0.3) is 0 Å². The molecule has 1 fully saturated rings. The van der Waals surface area contributed by atoms with Gasteiger partial charge in [0.05, 0.1) is 12.4 Å². The summed E-state index contributed by atoms with van der Waals surface area (Å²) in [7, 11) is 0. The van der Waals surface area contributed by atoms with E-state index in [0.29, 0.717) is 5.69 Å². The number of carbonyl (C=O) groups is 1. The molecule has 5 nitrogen and oxygen atoms in total. The molecule has 0 atom stereocenters. The summed E-state index contributed by atoms with van der Waals surface area (Å²) in [5, 5.41) is 2.94. The predicted octanol–water partition coefficient (Wildman–Crippen LogP) is 3.58. The van der Waals surface area contributed by atoms with Gasteiger partial charge in [0.2, 0.25) is 0 Å². The summed E-state index contributed by atoms with van der Waals surface area (Å²) >= 11 is 0. The lowest BCUT2D eigenvalue weighted by Crippen LogP contribution is -2.33. The van der Waals surface area contributed by atoms with Gasteiger partial charge in [-0.2, -0.15) is 0 Å². The number of rotatable bonds is 3. The average molecular weight is 324 g/mol. The van der Waals surface area contributed by atoms with Crippen molar-refractivity contribution in [1.29, 1.82) is 0 Å². The van der Waals surface area contributed by atoms with Gasteiger partial charge in [0.15, 0.2) is 0 Å². The van der Waals surface area contributed by atoms with E-state index in [4.69, 9.17) is 0 Å². The fraction of sp³-hybridized carbons (Fsp3) is 0.421. The standard InChI is InChI=1S/C19H24N4O/c1-13-7-9-23(10-8-13)17-12-20-16(11-21-17)19(24)22-18-14(2)5-4-6-15(18)3/h4-6,11-13H,7-10H2,1-3H3,(H,22,24). The largest absolute Gasteiger partial charge is 0.355 e. The average Bonchev–Trinajstić information content (AvgIpc) is 2.59. The molecule has 0 unspecified atom stereocenters. The first-order valence-electron chi connectivity index (χ1n) is 8.49. The fourth-order valence-electron chi connectivity index (χ4n) is 3.03. The first-order valence-corrected chi connectivity index (χ1v) is 8.49. The SMILES string of the molecule is Cc1cccc(C)c1NC(=O)c1cnc(N2CCC(C)CC2)cn1. The molecule has 0 radical (unpaired) electrons. The second-order valence-electron chi connectivity index (χ2n) is 6.65. The molecule has 1 aromatic carbocycles. The molecular formula is C19H24N4O. The van der Waals surface area contributed by atoms with E-state index in [2.05, 4.69) is 27.1 Å². The monoisotopic (exact) mass is 324 g/mol. The number of aromatic nitrogens is 2. The lowest BCUT2D eigenvalue weighted by atomic mass is 9.99. The van der Waals surface area contributed by atoms with Crippen LogP contribution < -0.4 is 10.2 Å². The molecule has 1 saturated heterocycles. The Balaban J connectivity index is 1.70. The number of carbonyl (C=O) groups excluding carboxylic acids is 1. The summed E-state index contributed by atoms with van der Waals surface area (Å²) in [6.45, 7) is 8.25. The van der Waals surface area contributed by atoms with E-state index in [9.17, 15) is 4.79 Å². The van der Waals surface area contributed by atoms with Crippen molar-refractivity contribution in [2.45, 2.75) is 33.6 Å². The number of piperidine rings is 1. The topological polar surface area (TPSA) is 58.1 Å². The molecule has 0 aliphatic carbocycles. The molecule has 1 aliphatic heterocycles. The number of hydrogen-bond donors (Lipinski definition) is 1. The van der Waals surface area contributed by atoms with Crippen molar-refractivity contribution >= 4 is 17.4 Å². The number of aryl methyl sites for hydroxylation is 2. The Bertz CT molecular complexity index is 698. The Hall–Kier alpha value is -2.43. The van der Waals surface area contributed by atoms with Crippen LogP contribution in [0.4, 0.5) is 11.5 Å². The van der Waals surface area contributed by atoms with Crippen LogP contribution in [0, 0.1) is 19.8 Å². The molecule has 24 heavy (non-hydrogen) atoms. The number of amides is 1. The maximum atomic E-state index is 12.4. The van der Waals surface area contributed by atoms with Crippen LogP contribution in [0.1, 0.15) is 41.4 Å². The van der Waals surface area contributed by atoms with Gasteiger partial charge < -0.3 is 10.2 Å². The van der Waals surface area contributed by atoms with Crippen LogP contribution in [0.15, 0.2) is 30.6 Å². The second-order valence-corrected chi connectivity index (χ2v) is 6.65. The Morgan fingerprint density at radius 2 is 1.79 bits per heavy atom. The summed E-state index contributed by atoms with van der Waals surface area (Å²) in [6, 6.07) is 5.94. The van der Waals surface area contributed by atoms with Crippen molar-refractivity contribution in [1.82, 2.24) is 9.97 Å². The third-order valence-electron chi connectivity index (χ3n) is 4.70. The molecular weight excluding hydrogens is 300 g/mol. The van der Waals surface area contributed by atoms with E-state index in [1.807, 2.05) is 32.0 Å². The van der Waals surface area contributed by atoms with Crippen molar-refractivity contribution in [2.75, 3.05) is 23.3 Å². The maximum Gasteiger partial charge on any atom is 0.275 e. The lowest BCUT2D eigenvalue weighted by Gasteiger charge is -2.30. The van der Waals surface area contributed by atoms with Crippen LogP contribution in [-0.2, 0) is 0 Å². The van der Waals surface area contributed by atoms with Gasteiger partial charge in [0.25, 0.3) is 5.91 Å². The van der Waals surface area contributed by atoms with Crippen molar-refractivity contribution in [3.63, 3.8) is 0 Å². The summed E-state index contributed by atoms with van der Waals surface area (Å²) < 4.78 is 0. The summed E-state index contributed by atoms with van der Waals surface area (Å²) in [5.74, 6) is 1.40. The van der Waals surface area contributed by atoms with Gasteiger partial charge in [0, 0.05) is 18.8 Å². The highest BCUT2D eigenvalue weighted by atomic mass is 16.1. The van der Waals surface area contributed by atoms with Gasteiger partial charge in [-0.1, -0.05) is 25.1 Å². The van der Waals surface area contributed by atoms with E-state index in [-0.39, 0.29) is 5.91 Å². The molecule has 1 aliphatic rings. The van der Waals surface area contributed by atoms with Crippen molar-refractivity contribution in [2.24, 2.45) is 5.92 Å². The van der Waals surface area contributed by atoms with Crippen molar-refractivity contribution in [3.05, 3.63) is 47.4 Å². The minimum Gasteiger partial charge on any atom is -0.355 e. The third kappa shape index (κ3) is 3.55. The minimum absolute atomic E-state index is 0.223. The van der Waals surface area contributed by atoms with Crippen molar-refractivity contribution in [3.8, 4) is 0 Å². The summed E-state index contributed by atoms with van der Waals surface area (Å²) in [5.41, 5.74) is 3.26. The molecule has 2 aromatic rings. The maximum absolute atomic E-state index is 12.4. The van der Waals surface area contributed by atoms with Gasteiger partial charge in [-0.3, -0.25) is 4.79 Å². The third-order valence-corrected chi connectivity index (χ3v) is 4.70. The number of anilines is 2. The Labute approximate surface area is 143 Å². The van der Waals surface area contributed by atoms with Gasteiger partial charge in [0.1, 0.15) is 11.5 Å². The van der Waals surface area contributed by atoms with E-state index in [0.717, 1.165) is 41.6 Å². The molecule has 2 heterocycles. The zero-order valence-corrected chi connectivity index (χ0v) is 14.5. The van der Waals surface area contributed by atoms with Gasteiger partial charge in [-0.25, -0.2) is 9.97 Å². The van der Waals surface area contributed by atoms with Crippen LogP contribution in [-0.4, -0.2) is 29.0 Å². The van der Waals surface area contributed by atoms with Gasteiger partial charge in [-0.05, 0) is 43.7 Å². The van der Waals surface area contributed by atoms with Crippen LogP contribution in [0.5, 0.6) is 0 Å². The van der Waals surface area contributed by atoms with Crippen LogP contribution in [0.2, 0.25) is 0 Å². The number of para-hydroxylation sites is 1. The normalized spacial score (nSPS) is 15.4. The predicted molar refractivity (Wildman–Crippen MR) is 96.5 cm³/mol. The first kappa shape index (κ1) is 16.4. The number of nitrogens with zero attached hydrogens (tertiary/aromatic N) is 3. The quantitative estimate of drug-likeness (QED) is 0.937. The molecule has 126 valence electrons. The van der Waals surface area contributed by atoms with E-state index >= 15 is 0 Å². The highest BCUT2D eigenvalue weighted by molar-refractivity contribution is 6.03. The van der Waals surface area contributed by atoms with Crippen molar-refractivity contribution < 1.29 is 4.79 Å². The molecule has 0 bridgehead atoms. The Kier molecular flexibility index (Phi) is 4.79. The molecule has 1 aromatic heterocycles. The second kappa shape index (κ2) is 6.99. The highest BCUT2D eigenvalue weighted by Gasteiger charge is 2.18. The smallest absolute Gasteiger partial charge is 0.275 e. The lowest BCUT2D eigenvalue weighted by molar-refractivity contribution is 0.102. The Morgan fingerprint density at radius 3 is 2.38 bits per heavy atom. The molecule has 0 saturated carbocycles. The first-order chi connectivity index (χ1) is 11.5. The molecule has 3 rings (SSSR count). The van der Waals surface area contributed by atoms with E-state index < -0.39 is 0 Å². The summed E-state index contributed by atoms with van der Waals surface area (Å²) in [6.07, 6.45) is 5.62. The zero-order valence-electron chi connectivity index (χ0n) is 14.5. The minimum atomic E-state index is -0.223. The zero-order chi connectivity index (χ0) is 17.1. The molecule has 5 heteroatoms. The molecule has 0 spiro atoms. The number of nitrogens with one attached hydrogen (secondary N) is 1. The molecule has 1 N–H and O–H groups in total. The highest BCUT2D eigenvalue weighted by Crippen LogP contribution is 2.22. The van der Waals surface area contributed by atoms with Gasteiger partial charge >= 0.3 is 0 Å². The Morgan fingerprint density at radius 1 is 1.12 bits per heavy atom. The van der Waals surface area contributed by atoms with E-state index in [1.165, 1.54) is 12.8 Å². The number of benzene rings is 1. The summed E-state index contributed by atoms with van der Waals surface area (Å²) in [4.78, 5) is 23.4. The van der Waals surface area contributed by atoms with Gasteiger partial charge in [-0.15, -0.1) is 0 Å². The number of hydrogen-bond acceptors (Lipinski definition) is 4. The molecule has 1 amide bonds. The van der Waals surface area contributed by atoms with Crippen LogP contribution >= 0.6 is 0 Å². The fourth-order valence-corrected chi connectivity index (χ4v) is 3.03. The van der Waals surface area contributed by atoms with Crippen LogP contribution in [0.3, 0.4) is 0 Å².